The standard InChI is InChI=1S/C19H19BrN2O2S/c1-3-11-22-16-10-9-13(24-4-2)12-17(16)25-19(22)21-18(23)14-7-5-6-8-15(14)20/h5-10,12H,3-4,11H2,1-2H3. The smallest absolute Gasteiger partial charge is 0.280 e. The fourth-order valence-electron chi connectivity index (χ4n) is 2.62. The maximum atomic E-state index is 12.6. The largest absolute Gasteiger partial charge is 0.494 e. The first-order valence-corrected chi connectivity index (χ1v) is 9.84. The number of thiazole rings is 1. The SMILES string of the molecule is CCCn1c(=NC(=O)c2ccccc2Br)sc2cc(OCC)ccc21. The number of aromatic nitrogens is 1. The second-order valence-corrected chi connectivity index (χ2v) is 7.36. The van der Waals surface area contributed by atoms with Crippen molar-refractivity contribution in [1.82, 2.24) is 4.57 Å². The summed E-state index contributed by atoms with van der Waals surface area (Å²) in [6.45, 7) is 5.52. The van der Waals surface area contributed by atoms with Crippen LogP contribution in [0.15, 0.2) is 51.9 Å². The Balaban J connectivity index is 2.12. The summed E-state index contributed by atoms with van der Waals surface area (Å²) in [4.78, 5) is 17.7. The first-order valence-electron chi connectivity index (χ1n) is 8.23. The number of benzene rings is 2. The summed E-state index contributed by atoms with van der Waals surface area (Å²) in [6.07, 6.45) is 0.968. The van der Waals surface area contributed by atoms with Crippen molar-refractivity contribution in [3.63, 3.8) is 0 Å². The zero-order chi connectivity index (χ0) is 17.8. The highest BCUT2D eigenvalue weighted by molar-refractivity contribution is 9.10. The van der Waals surface area contributed by atoms with Crippen LogP contribution < -0.4 is 9.54 Å². The second kappa shape index (κ2) is 7.97. The van der Waals surface area contributed by atoms with Gasteiger partial charge in [0.1, 0.15) is 5.75 Å². The molecule has 130 valence electrons. The van der Waals surface area contributed by atoms with Crippen molar-refractivity contribution in [3.05, 3.63) is 57.3 Å². The van der Waals surface area contributed by atoms with Gasteiger partial charge in [-0.25, -0.2) is 0 Å². The molecular weight excluding hydrogens is 400 g/mol. The zero-order valence-corrected chi connectivity index (χ0v) is 16.6. The van der Waals surface area contributed by atoms with E-state index in [1.807, 2.05) is 43.3 Å². The Kier molecular flexibility index (Phi) is 5.71. The molecule has 2 aromatic carbocycles. The summed E-state index contributed by atoms with van der Waals surface area (Å²) in [6, 6.07) is 13.4. The number of carbonyl (C=O) groups excluding carboxylic acids is 1. The molecular formula is C19H19BrN2O2S. The molecule has 0 aliphatic heterocycles. The lowest BCUT2D eigenvalue weighted by Crippen LogP contribution is -2.17. The Morgan fingerprint density at radius 3 is 2.76 bits per heavy atom. The van der Waals surface area contributed by atoms with Crippen LogP contribution in [0.25, 0.3) is 10.2 Å². The number of halogens is 1. The molecule has 4 nitrogen and oxygen atoms in total. The van der Waals surface area contributed by atoms with Crippen molar-refractivity contribution in [1.29, 1.82) is 0 Å². The number of ether oxygens (including phenoxy) is 1. The van der Waals surface area contributed by atoms with Gasteiger partial charge in [-0.15, -0.1) is 0 Å². The summed E-state index contributed by atoms with van der Waals surface area (Å²) >= 11 is 4.93. The van der Waals surface area contributed by atoms with Crippen LogP contribution in [0.3, 0.4) is 0 Å². The van der Waals surface area contributed by atoms with E-state index in [0.29, 0.717) is 17.0 Å². The van der Waals surface area contributed by atoms with Gasteiger partial charge in [-0.05, 0) is 59.6 Å². The molecule has 0 radical (unpaired) electrons. The highest BCUT2D eigenvalue weighted by atomic mass is 79.9. The van der Waals surface area contributed by atoms with Gasteiger partial charge < -0.3 is 9.30 Å². The quantitative estimate of drug-likeness (QED) is 0.583. The van der Waals surface area contributed by atoms with Crippen LogP contribution in [0.2, 0.25) is 0 Å². The van der Waals surface area contributed by atoms with E-state index in [-0.39, 0.29) is 5.91 Å². The summed E-state index contributed by atoms with van der Waals surface area (Å²) in [5.41, 5.74) is 1.65. The predicted octanol–water partition coefficient (Wildman–Crippen LogP) is 5.02. The van der Waals surface area contributed by atoms with E-state index in [4.69, 9.17) is 4.74 Å². The Hall–Kier alpha value is -1.92. The highest BCUT2D eigenvalue weighted by Gasteiger charge is 2.11. The number of hydrogen-bond acceptors (Lipinski definition) is 3. The molecule has 0 atom stereocenters. The van der Waals surface area contributed by atoms with Gasteiger partial charge in [0.25, 0.3) is 5.91 Å². The molecule has 0 spiro atoms. The van der Waals surface area contributed by atoms with E-state index in [0.717, 1.165) is 33.4 Å². The monoisotopic (exact) mass is 418 g/mol. The normalized spacial score (nSPS) is 11.9. The molecule has 3 rings (SSSR count). The van der Waals surface area contributed by atoms with Gasteiger partial charge in [-0.2, -0.15) is 4.99 Å². The molecule has 0 saturated heterocycles. The molecule has 0 fully saturated rings. The van der Waals surface area contributed by atoms with Gasteiger partial charge in [0.2, 0.25) is 0 Å². The van der Waals surface area contributed by atoms with E-state index in [2.05, 4.69) is 32.4 Å². The maximum Gasteiger partial charge on any atom is 0.280 e. The summed E-state index contributed by atoms with van der Waals surface area (Å²) in [5, 5.41) is 0. The molecule has 3 aromatic rings. The Morgan fingerprint density at radius 2 is 2.04 bits per heavy atom. The van der Waals surface area contributed by atoms with E-state index >= 15 is 0 Å². The van der Waals surface area contributed by atoms with Crippen molar-refractivity contribution in [2.75, 3.05) is 6.61 Å². The average molecular weight is 419 g/mol. The summed E-state index contributed by atoms with van der Waals surface area (Å²) in [5.74, 6) is 0.595. The van der Waals surface area contributed by atoms with Gasteiger partial charge in [0.05, 0.1) is 22.4 Å². The average Bonchev–Trinajstić information content (AvgIpc) is 2.92. The third kappa shape index (κ3) is 3.85. The van der Waals surface area contributed by atoms with Gasteiger partial charge in [-0.1, -0.05) is 30.4 Å². The molecule has 1 aromatic heterocycles. The second-order valence-electron chi connectivity index (χ2n) is 5.50. The topological polar surface area (TPSA) is 43.6 Å². The lowest BCUT2D eigenvalue weighted by Gasteiger charge is -2.05. The van der Waals surface area contributed by atoms with Gasteiger partial charge in [0, 0.05) is 11.0 Å². The van der Waals surface area contributed by atoms with Crippen molar-refractivity contribution >= 4 is 43.4 Å². The minimum atomic E-state index is -0.242. The van der Waals surface area contributed by atoms with Crippen LogP contribution >= 0.6 is 27.3 Å². The molecule has 0 unspecified atom stereocenters. The number of hydrogen-bond donors (Lipinski definition) is 0. The maximum absolute atomic E-state index is 12.6. The number of rotatable bonds is 5. The predicted molar refractivity (Wildman–Crippen MR) is 105 cm³/mol. The first-order chi connectivity index (χ1) is 12.1. The highest BCUT2D eigenvalue weighted by Crippen LogP contribution is 2.24. The fourth-order valence-corrected chi connectivity index (χ4v) is 4.15. The molecule has 25 heavy (non-hydrogen) atoms. The lowest BCUT2D eigenvalue weighted by atomic mass is 10.2. The first kappa shape index (κ1) is 17.9. The zero-order valence-electron chi connectivity index (χ0n) is 14.2. The fraction of sp³-hybridized carbons (Fsp3) is 0.263. The number of fused-ring (bicyclic) bond motifs is 1. The number of carbonyl (C=O) groups is 1. The molecule has 0 N–H and O–H groups in total. The third-order valence-electron chi connectivity index (χ3n) is 3.71. The van der Waals surface area contributed by atoms with Crippen molar-refractivity contribution in [2.24, 2.45) is 4.99 Å². The molecule has 1 heterocycles. The van der Waals surface area contributed by atoms with Gasteiger partial charge in [-0.3, -0.25) is 4.79 Å². The Labute approximate surface area is 158 Å². The molecule has 1 amide bonds. The Morgan fingerprint density at radius 1 is 1.24 bits per heavy atom. The summed E-state index contributed by atoms with van der Waals surface area (Å²) < 4.78 is 9.51. The van der Waals surface area contributed by atoms with E-state index < -0.39 is 0 Å². The van der Waals surface area contributed by atoms with Crippen molar-refractivity contribution in [2.45, 2.75) is 26.8 Å². The molecule has 0 aliphatic carbocycles. The Bertz CT molecular complexity index is 975. The number of nitrogens with zero attached hydrogens (tertiary/aromatic N) is 2. The number of amides is 1. The van der Waals surface area contributed by atoms with Crippen LogP contribution in [0.1, 0.15) is 30.6 Å². The lowest BCUT2D eigenvalue weighted by molar-refractivity contribution is 0.0997. The van der Waals surface area contributed by atoms with Crippen LogP contribution in [0.4, 0.5) is 0 Å². The molecule has 0 saturated carbocycles. The molecule has 0 aliphatic rings. The van der Waals surface area contributed by atoms with Crippen LogP contribution in [0, 0.1) is 0 Å². The minimum Gasteiger partial charge on any atom is -0.494 e. The van der Waals surface area contributed by atoms with Gasteiger partial charge in [0.15, 0.2) is 4.80 Å². The van der Waals surface area contributed by atoms with E-state index in [1.54, 1.807) is 6.07 Å². The van der Waals surface area contributed by atoms with E-state index in [9.17, 15) is 4.79 Å². The van der Waals surface area contributed by atoms with Crippen LogP contribution in [-0.2, 0) is 6.54 Å². The van der Waals surface area contributed by atoms with E-state index in [1.165, 1.54) is 11.3 Å². The minimum absolute atomic E-state index is 0.242. The van der Waals surface area contributed by atoms with Crippen molar-refractivity contribution < 1.29 is 9.53 Å². The number of aryl methyl sites for hydroxylation is 1. The molecule has 6 heteroatoms. The summed E-state index contributed by atoms with van der Waals surface area (Å²) in [7, 11) is 0. The third-order valence-corrected chi connectivity index (χ3v) is 5.45. The van der Waals surface area contributed by atoms with Crippen LogP contribution in [-0.4, -0.2) is 17.1 Å². The van der Waals surface area contributed by atoms with Crippen LogP contribution in [0.5, 0.6) is 5.75 Å². The molecule has 0 bridgehead atoms. The van der Waals surface area contributed by atoms with Crippen molar-refractivity contribution in [3.8, 4) is 5.75 Å². The van der Waals surface area contributed by atoms with Gasteiger partial charge >= 0.3 is 0 Å².